The molecular formula is C20H26Cu2N2O11S2+2. The van der Waals surface area contributed by atoms with Gasteiger partial charge in [-0.25, -0.2) is 0 Å². The monoisotopic (exact) mass is 660 g/mol. The number of carbonyl (C=O) groups excluding carboxylic acids is 2. The molecule has 2 radical (unpaired) electrons. The van der Waals surface area contributed by atoms with Crippen LogP contribution in [0.4, 0.5) is 0 Å². The minimum atomic E-state index is -1.19. The van der Waals surface area contributed by atoms with Gasteiger partial charge in [-0.1, -0.05) is 60.0 Å². The van der Waals surface area contributed by atoms with Gasteiger partial charge in [0.25, 0.3) is 0 Å². The molecule has 12 N–H and O–H groups in total. The molecule has 0 spiro atoms. The van der Waals surface area contributed by atoms with Gasteiger partial charge in [0.15, 0.2) is 0 Å². The first-order valence-corrected chi connectivity index (χ1v) is 10.7. The zero-order valence-corrected chi connectivity index (χ0v) is 22.1. The van der Waals surface area contributed by atoms with Crippen molar-refractivity contribution < 1.29 is 91.5 Å². The molecule has 37 heavy (non-hydrogen) atoms. The summed E-state index contributed by atoms with van der Waals surface area (Å²) in [6.45, 7) is 0. The van der Waals surface area contributed by atoms with Gasteiger partial charge in [-0.15, -0.1) is 23.5 Å². The van der Waals surface area contributed by atoms with Crippen molar-refractivity contribution in [2.75, 3.05) is 11.5 Å². The number of thioether (sulfide) groups is 2. The van der Waals surface area contributed by atoms with E-state index in [4.69, 9.17) is 0 Å². The normalized spacial score (nSPS) is 16.2. The topological polar surface area (TPSA) is 312 Å². The van der Waals surface area contributed by atoms with E-state index in [2.05, 4.69) is 9.98 Å². The first kappa shape index (κ1) is 44.8. The molecule has 17 heteroatoms. The van der Waals surface area contributed by atoms with E-state index >= 15 is 0 Å². The van der Waals surface area contributed by atoms with Crippen LogP contribution in [0, 0.1) is 0 Å². The van der Waals surface area contributed by atoms with Crippen LogP contribution in [0.3, 0.4) is 0 Å². The van der Waals surface area contributed by atoms with Crippen LogP contribution in [0.25, 0.3) is 0 Å². The van der Waals surface area contributed by atoms with E-state index in [1.165, 1.54) is 35.7 Å². The predicted octanol–water partition coefficient (Wildman–Crippen LogP) is -5.58. The molecule has 2 aromatic carbocycles. The Kier molecular flexibility index (Phi) is 25.3. The maximum absolute atomic E-state index is 11.4. The van der Waals surface area contributed by atoms with Crippen molar-refractivity contribution in [1.82, 2.24) is 0 Å². The zero-order valence-electron chi connectivity index (χ0n) is 18.6. The van der Waals surface area contributed by atoms with Crippen LogP contribution < -0.4 is 20.4 Å². The van der Waals surface area contributed by atoms with Crippen molar-refractivity contribution in [2.45, 2.75) is 12.1 Å². The molecule has 13 nitrogen and oxygen atoms in total. The second-order valence-corrected chi connectivity index (χ2v) is 8.17. The van der Waals surface area contributed by atoms with E-state index in [0.717, 1.165) is 0 Å². The van der Waals surface area contributed by atoms with E-state index in [9.17, 15) is 30.0 Å². The second-order valence-electron chi connectivity index (χ2n) is 6.15. The van der Waals surface area contributed by atoms with E-state index in [1.54, 1.807) is 36.4 Å². The van der Waals surface area contributed by atoms with Crippen LogP contribution in [-0.4, -0.2) is 62.0 Å². The summed E-state index contributed by atoms with van der Waals surface area (Å²) < 4.78 is 0. The SMILES string of the molecule is O.O.O.O=C([O-])[C@H]1CSC(c2ccccc2[O-])=N1.O=C([O-])[C@H]1CSC(c2ccccc2[O-])=N1.[Cu+2].[Cu+2].[OH3+].[OH3+]. The molecule has 2 atom stereocenters. The Morgan fingerprint density at radius 1 is 0.676 bits per heavy atom. The molecule has 0 unspecified atom stereocenters. The largest absolute Gasteiger partial charge is 2.00 e. The summed E-state index contributed by atoms with van der Waals surface area (Å²) >= 11 is 2.55. The van der Waals surface area contributed by atoms with Gasteiger partial charge in [0, 0.05) is 11.5 Å². The fourth-order valence-corrected chi connectivity index (χ4v) is 4.68. The van der Waals surface area contributed by atoms with Gasteiger partial charge in [0.2, 0.25) is 0 Å². The number of nitrogens with zero attached hydrogens (tertiary/aromatic N) is 2. The second kappa shape index (κ2) is 20.9. The number of hydrogen-bond donors (Lipinski definition) is 0. The summed E-state index contributed by atoms with van der Waals surface area (Å²) in [5.74, 6) is -1.98. The van der Waals surface area contributed by atoms with Crippen LogP contribution >= 0.6 is 23.5 Å². The van der Waals surface area contributed by atoms with E-state index < -0.39 is 24.0 Å². The molecule has 0 saturated heterocycles. The molecule has 4 rings (SSSR count). The van der Waals surface area contributed by atoms with Crippen LogP contribution in [-0.2, 0) is 54.7 Å². The van der Waals surface area contributed by atoms with Crippen molar-refractivity contribution >= 4 is 45.5 Å². The Labute approximate surface area is 241 Å². The molecule has 2 aliphatic heterocycles. The molecule has 2 heterocycles. The van der Waals surface area contributed by atoms with Gasteiger partial charge in [-0.3, -0.25) is 9.98 Å². The van der Waals surface area contributed by atoms with Gasteiger partial charge in [0.1, 0.15) is 12.1 Å². The first-order valence-electron chi connectivity index (χ1n) is 8.72. The average Bonchev–Trinajstić information content (AvgIpc) is 3.39. The number of para-hydroxylation sites is 2. The Morgan fingerprint density at radius 3 is 1.22 bits per heavy atom. The van der Waals surface area contributed by atoms with Crippen LogP contribution in [0.5, 0.6) is 11.5 Å². The van der Waals surface area contributed by atoms with Crippen LogP contribution in [0.1, 0.15) is 11.1 Å². The molecular weight excluding hydrogens is 635 g/mol. The number of rotatable bonds is 4. The summed E-state index contributed by atoms with van der Waals surface area (Å²) in [5, 5.41) is 44.9. The standard InChI is InChI=1S/2C10H9NO3S.2Cu.5H2O/c2*12-8-4-2-1-3-6(8)9-11-7(5-15-9)10(13)14;;;;;;;/h2*1-4,7,12H,5H2,(H,13,14);;;5*1H2/q;;2*+2;;;;;/p-2/t2*7-;;;;;;;/m11......./s1. The summed E-state index contributed by atoms with van der Waals surface area (Å²) in [6.07, 6.45) is 0. The van der Waals surface area contributed by atoms with E-state index in [0.29, 0.717) is 32.7 Å². The first-order chi connectivity index (χ1) is 14.4. The molecule has 214 valence electrons. The maximum atomic E-state index is 11.4. The van der Waals surface area contributed by atoms with Gasteiger partial charge >= 0.3 is 34.1 Å². The zero-order chi connectivity index (χ0) is 21.7. The third-order valence-corrected chi connectivity index (χ3v) is 6.24. The number of benzene rings is 2. The molecule has 0 aliphatic carbocycles. The third-order valence-electron chi connectivity index (χ3n) is 4.08. The Hall–Kier alpha value is -2.14. The fraction of sp³-hybridized carbons (Fsp3) is 0.200. The smallest absolute Gasteiger partial charge is 0.872 e. The van der Waals surface area contributed by atoms with Gasteiger partial charge in [0.05, 0.1) is 22.0 Å². The fourth-order valence-electron chi connectivity index (χ4n) is 2.57. The van der Waals surface area contributed by atoms with E-state index in [-0.39, 0.29) is 73.0 Å². The van der Waals surface area contributed by atoms with Crippen molar-refractivity contribution in [3.05, 3.63) is 59.7 Å². The number of aliphatic carboxylic acids is 2. The molecule has 0 bridgehead atoms. The molecule has 2 aromatic rings. The quantitative estimate of drug-likeness (QED) is 0.224. The molecule has 2 aliphatic rings. The minimum absolute atomic E-state index is 0. The number of aliphatic imine (C=N–C) groups is 2. The molecule has 0 amide bonds. The predicted molar refractivity (Wildman–Crippen MR) is 128 cm³/mol. The number of carbonyl (C=O) groups is 2. The number of hydrogen-bond acceptors (Lipinski definition) is 10. The molecule has 0 fully saturated rings. The van der Waals surface area contributed by atoms with Crippen molar-refractivity contribution in [3.63, 3.8) is 0 Å². The minimum Gasteiger partial charge on any atom is -0.872 e. The summed E-state index contributed by atoms with van der Waals surface area (Å²) in [4.78, 5) is 29.0. The summed E-state index contributed by atoms with van der Waals surface area (Å²) in [7, 11) is 0. The summed E-state index contributed by atoms with van der Waals surface area (Å²) in [5.41, 5.74) is 0.928. The van der Waals surface area contributed by atoms with Crippen molar-refractivity contribution in [3.8, 4) is 11.5 Å². The van der Waals surface area contributed by atoms with Crippen LogP contribution in [0.15, 0.2) is 58.5 Å². The van der Waals surface area contributed by atoms with Crippen LogP contribution in [0.2, 0.25) is 0 Å². The third kappa shape index (κ3) is 11.8. The van der Waals surface area contributed by atoms with Gasteiger partial charge in [-0.2, -0.15) is 0 Å². The Bertz CT molecular complexity index is 963. The average molecular weight is 662 g/mol. The van der Waals surface area contributed by atoms with Crippen molar-refractivity contribution in [1.29, 1.82) is 0 Å². The van der Waals surface area contributed by atoms with Crippen molar-refractivity contribution in [2.24, 2.45) is 9.98 Å². The number of carboxylic acids is 2. The Morgan fingerprint density at radius 2 is 0.973 bits per heavy atom. The number of carboxylic acid groups (broad SMARTS) is 2. The van der Waals surface area contributed by atoms with Gasteiger partial charge in [-0.05, 0) is 11.1 Å². The summed E-state index contributed by atoms with van der Waals surface area (Å²) in [6, 6.07) is 11.2. The molecule has 0 aromatic heterocycles. The molecule has 0 saturated carbocycles. The maximum Gasteiger partial charge on any atom is 2.00 e. The Balaban J connectivity index is -0.000000155. The van der Waals surface area contributed by atoms with E-state index in [1.807, 2.05) is 0 Å². The van der Waals surface area contributed by atoms with Gasteiger partial charge < -0.3 is 57.4 Å².